The first-order valence-electron chi connectivity index (χ1n) is 14.4. The average Bonchev–Trinajstić information content (AvgIpc) is 3.73. The number of rotatable bonds is 8. The molecule has 45 heavy (non-hydrogen) atoms. The normalized spacial score (nSPS) is 16.2. The van der Waals surface area contributed by atoms with E-state index in [0.717, 1.165) is 10.9 Å². The predicted molar refractivity (Wildman–Crippen MR) is 176 cm³/mol. The SMILES string of the molecule is CCOc1ccc(C2/C(=C(\O)c3c(C)nc4ccccn34)C(=O)C(=O)N2c2nnc(SCc3cccc4ccccc34)s2)cc1. The number of Topliss-reactive ketones (excluding diaryl/α,β-unsaturated/α-hetero) is 1. The molecule has 6 aromatic rings. The second-order valence-corrected chi connectivity index (χ2v) is 12.6. The molecule has 1 aliphatic heterocycles. The van der Waals surface area contributed by atoms with Gasteiger partial charge in [0.05, 0.1) is 23.9 Å². The summed E-state index contributed by atoms with van der Waals surface area (Å²) in [5, 5.41) is 23.1. The minimum absolute atomic E-state index is 0.0435. The number of hydrogen-bond donors (Lipinski definition) is 1. The van der Waals surface area contributed by atoms with Crippen LogP contribution in [0.25, 0.3) is 22.2 Å². The Morgan fingerprint density at radius 1 is 0.978 bits per heavy atom. The summed E-state index contributed by atoms with van der Waals surface area (Å²) in [5.41, 5.74) is 3.22. The van der Waals surface area contributed by atoms with Crippen LogP contribution in [0, 0.1) is 6.92 Å². The number of pyridine rings is 1. The molecule has 11 heteroatoms. The highest BCUT2D eigenvalue weighted by atomic mass is 32.2. The Balaban J connectivity index is 1.29. The van der Waals surface area contributed by atoms with Crippen molar-refractivity contribution in [3.63, 3.8) is 0 Å². The quantitative estimate of drug-likeness (QED) is 0.0630. The van der Waals surface area contributed by atoms with Gasteiger partial charge in [-0.2, -0.15) is 0 Å². The van der Waals surface area contributed by atoms with Gasteiger partial charge in [0, 0.05) is 11.9 Å². The number of nitrogens with zero attached hydrogens (tertiary/aromatic N) is 5. The number of aliphatic hydroxyl groups is 1. The van der Waals surface area contributed by atoms with Gasteiger partial charge in [0.1, 0.15) is 17.1 Å². The molecule has 1 fully saturated rings. The molecule has 0 radical (unpaired) electrons. The second-order valence-electron chi connectivity index (χ2n) is 10.4. The van der Waals surface area contributed by atoms with Crippen molar-refractivity contribution in [1.29, 1.82) is 0 Å². The molecule has 3 aromatic carbocycles. The number of carbonyl (C=O) groups is 2. The molecule has 224 valence electrons. The topological polar surface area (TPSA) is 110 Å². The van der Waals surface area contributed by atoms with Crippen LogP contribution in [0.15, 0.2) is 101 Å². The van der Waals surface area contributed by atoms with Crippen molar-refractivity contribution in [3.05, 3.63) is 119 Å². The Hall–Kier alpha value is -5.00. The molecule has 7 rings (SSSR count). The number of carbonyl (C=O) groups excluding carboxylic acids is 2. The highest BCUT2D eigenvalue weighted by molar-refractivity contribution is 8.00. The summed E-state index contributed by atoms with van der Waals surface area (Å²) in [4.78, 5) is 33.4. The highest BCUT2D eigenvalue weighted by Gasteiger charge is 2.49. The third-order valence-electron chi connectivity index (χ3n) is 7.71. The maximum absolute atomic E-state index is 13.8. The van der Waals surface area contributed by atoms with Crippen molar-refractivity contribution in [2.24, 2.45) is 0 Å². The molecular weight excluding hydrogens is 607 g/mol. The van der Waals surface area contributed by atoms with Crippen LogP contribution in [0.2, 0.25) is 0 Å². The van der Waals surface area contributed by atoms with Gasteiger partial charge in [-0.3, -0.25) is 18.9 Å². The van der Waals surface area contributed by atoms with E-state index in [4.69, 9.17) is 4.74 Å². The smallest absolute Gasteiger partial charge is 0.301 e. The molecule has 1 aliphatic rings. The van der Waals surface area contributed by atoms with Gasteiger partial charge >= 0.3 is 5.91 Å². The van der Waals surface area contributed by atoms with E-state index in [1.54, 1.807) is 41.8 Å². The zero-order valence-electron chi connectivity index (χ0n) is 24.4. The first kappa shape index (κ1) is 28.8. The number of aryl methyl sites for hydroxylation is 1. The van der Waals surface area contributed by atoms with Crippen LogP contribution in [0.1, 0.15) is 35.5 Å². The summed E-state index contributed by atoms with van der Waals surface area (Å²) in [6, 6.07) is 26.1. The summed E-state index contributed by atoms with van der Waals surface area (Å²) in [6.07, 6.45) is 1.76. The lowest BCUT2D eigenvalue weighted by Crippen LogP contribution is -2.29. The Kier molecular flexibility index (Phi) is 7.56. The van der Waals surface area contributed by atoms with Crippen LogP contribution in [-0.4, -0.2) is 43.0 Å². The van der Waals surface area contributed by atoms with E-state index < -0.39 is 17.7 Å². The van der Waals surface area contributed by atoms with Crippen molar-refractivity contribution in [2.75, 3.05) is 11.5 Å². The molecule has 9 nitrogen and oxygen atoms in total. The molecule has 0 aliphatic carbocycles. The fraction of sp³-hybridized carbons (Fsp3) is 0.147. The minimum atomic E-state index is -0.946. The number of aromatic nitrogens is 4. The maximum Gasteiger partial charge on any atom is 0.301 e. The van der Waals surface area contributed by atoms with Gasteiger partial charge in [-0.1, -0.05) is 83.8 Å². The number of hydrogen-bond acceptors (Lipinski definition) is 9. The number of ether oxygens (including phenoxy) is 1. The van der Waals surface area contributed by atoms with E-state index in [1.807, 2.05) is 43.3 Å². The molecule has 1 N–H and O–H groups in total. The highest BCUT2D eigenvalue weighted by Crippen LogP contribution is 2.44. The van der Waals surface area contributed by atoms with Gasteiger partial charge < -0.3 is 9.84 Å². The van der Waals surface area contributed by atoms with E-state index in [2.05, 4.69) is 39.4 Å². The number of ketones is 1. The van der Waals surface area contributed by atoms with E-state index in [0.29, 0.717) is 45.0 Å². The van der Waals surface area contributed by atoms with Crippen molar-refractivity contribution in [3.8, 4) is 5.75 Å². The molecule has 0 spiro atoms. The van der Waals surface area contributed by atoms with Gasteiger partial charge in [0.25, 0.3) is 5.78 Å². The number of fused-ring (bicyclic) bond motifs is 2. The fourth-order valence-corrected chi connectivity index (χ4v) is 7.57. The van der Waals surface area contributed by atoms with Crippen LogP contribution in [0.4, 0.5) is 5.13 Å². The summed E-state index contributed by atoms with van der Waals surface area (Å²) < 4.78 is 7.99. The summed E-state index contributed by atoms with van der Waals surface area (Å²) in [5.74, 6) is -0.592. The Labute approximate surface area is 266 Å². The standard InChI is InChI=1S/C34H27N5O4S2/c1-3-43-24-16-14-22(15-17-24)29-27(30(40)28-20(2)35-26-13-6-7-18-38(26)28)31(41)32(42)39(29)33-36-37-34(45-33)44-19-23-11-8-10-21-9-4-5-12-25(21)23/h4-18,29,40H,3,19H2,1-2H3/b30-27+. The first-order valence-corrected chi connectivity index (χ1v) is 16.2. The lowest BCUT2D eigenvalue weighted by Gasteiger charge is -2.22. The van der Waals surface area contributed by atoms with E-state index in [9.17, 15) is 14.7 Å². The number of benzene rings is 3. The Morgan fingerprint density at radius 2 is 1.76 bits per heavy atom. The maximum atomic E-state index is 13.8. The third kappa shape index (κ3) is 5.13. The van der Waals surface area contributed by atoms with E-state index in [-0.39, 0.29) is 16.5 Å². The number of amides is 1. The van der Waals surface area contributed by atoms with Gasteiger partial charge in [-0.05, 0) is 60.0 Å². The van der Waals surface area contributed by atoms with Crippen LogP contribution in [-0.2, 0) is 15.3 Å². The van der Waals surface area contributed by atoms with Crippen LogP contribution < -0.4 is 9.64 Å². The predicted octanol–water partition coefficient (Wildman–Crippen LogP) is 6.96. The number of aliphatic hydroxyl groups excluding tert-OH is 1. The molecule has 3 aromatic heterocycles. The largest absolute Gasteiger partial charge is 0.505 e. The summed E-state index contributed by atoms with van der Waals surface area (Å²) >= 11 is 2.75. The van der Waals surface area contributed by atoms with Crippen LogP contribution in [0.5, 0.6) is 5.75 Å². The van der Waals surface area contributed by atoms with Crippen molar-refractivity contribution in [1.82, 2.24) is 19.6 Å². The molecular formula is C34H27N5O4S2. The molecule has 4 heterocycles. The molecule has 1 saturated heterocycles. The van der Waals surface area contributed by atoms with Crippen LogP contribution >= 0.6 is 23.1 Å². The van der Waals surface area contributed by atoms with Crippen LogP contribution in [0.3, 0.4) is 0 Å². The monoisotopic (exact) mass is 633 g/mol. The minimum Gasteiger partial charge on any atom is -0.505 e. The molecule has 1 atom stereocenters. The van der Waals surface area contributed by atoms with Crippen molar-refractivity contribution < 1.29 is 19.4 Å². The Bertz CT molecular complexity index is 2110. The lowest BCUT2D eigenvalue weighted by atomic mass is 9.96. The molecule has 0 bridgehead atoms. The van der Waals surface area contributed by atoms with Crippen molar-refractivity contribution >= 4 is 62.1 Å². The van der Waals surface area contributed by atoms with E-state index in [1.165, 1.54) is 33.4 Å². The van der Waals surface area contributed by atoms with Gasteiger partial charge in [-0.25, -0.2) is 4.98 Å². The third-order valence-corrected chi connectivity index (χ3v) is 9.82. The number of thioether (sulfide) groups is 1. The fourth-order valence-electron chi connectivity index (χ4n) is 5.70. The molecule has 1 unspecified atom stereocenters. The number of anilines is 1. The first-order chi connectivity index (χ1) is 21.9. The lowest BCUT2D eigenvalue weighted by molar-refractivity contribution is -0.132. The molecule has 0 saturated carbocycles. The number of imidazole rings is 1. The van der Waals surface area contributed by atoms with Gasteiger partial charge in [0.15, 0.2) is 10.1 Å². The molecule has 1 amide bonds. The zero-order valence-corrected chi connectivity index (χ0v) is 26.0. The summed E-state index contributed by atoms with van der Waals surface area (Å²) in [7, 11) is 0. The van der Waals surface area contributed by atoms with Gasteiger partial charge in [0.2, 0.25) is 5.13 Å². The second kappa shape index (κ2) is 11.8. The van der Waals surface area contributed by atoms with E-state index >= 15 is 0 Å². The average molecular weight is 634 g/mol. The Morgan fingerprint density at radius 3 is 2.58 bits per heavy atom. The zero-order chi connectivity index (χ0) is 31.1. The van der Waals surface area contributed by atoms with Gasteiger partial charge in [-0.15, -0.1) is 10.2 Å². The summed E-state index contributed by atoms with van der Waals surface area (Å²) in [6.45, 7) is 4.15. The van der Waals surface area contributed by atoms with Crippen molar-refractivity contribution in [2.45, 2.75) is 30.0 Å².